The zero-order valence-corrected chi connectivity index (χ0v) is 12.8. The number of likely N-dealkylation sites (tertiary alicyclic amines) is 1. The molecule has 1 fully saturated rings. The fourth-order valence-electron chi connectivity index (χ4n) is 2.93. The van der Waals surface area contributed by atoms with Gasteiger partial charge in [-0.3, -0.25) is 4.90 Å². The summed E-state index contributed by atoms with van der Waals surface area (Å²) in [6.07, 6.45) is 1.25. The molecule has 0 amide bonds. The molecule has 0 spiro atoms. The summed E-state index contributed by atoms with van der Waals surface area (Å²) in [4.78, 5) is 3.99. The Morgan fingerprint density at radius 3 is 2.85 bits per heavy atom. The Morgan fingerprint density at radius 1 is 1.25 bits per heavy atom. The van der Waals surface area contributed by atoms with E-state index in [1.807, 2.05) is 11.3 Å². The van der Waals surface area contributed by atoms with Crippen molar-refractivity contribution in [2.45, 2.75) is 32.0 Å². The molecule has 20 heavy (non-hydrogen) atoms. The number of nitrogens with one attached hydrogen (secondary N) is 1. The van der Waals surface area contributed by atoms with Crippen LogP contribution in [0.3, 0.4) is 0 Å². The number of hydrogen-bond donors (Lipinski definition) is 1. The maximum Gasteiger partial charge on any atom is 0.0388 e. The van der Waals surface area contributed by atoms with E-state index >= 15 is 0 Å². The third-order valence-corrected chi connectivity index (χ3v) is 5.03. The summed E-state index contributed by atoms with van der Waals surface area (Å²) in [5, 5.41) is 5.92. The van der Waals surface area contributed by atoms with Gasteiger partial charge in [0.1, 0.15) is 0 Å². The van der Waals surface area contributed by atoms with E-state index in [1.165, 1.54) is 23.4 Å². The van der Waals surface area contributed by atoms with Crippen LogP contribution in [0.5, 0.6) is 0 Å². The lowest BCUT2D eigenvalue weighted by atomic mass is 10.2. The minimum absolute atomic E-state index is 0.469. The summed E-state index contributed by atoms with van der Waals surface area (Å²) < 4.78 is 0. The third kappa shape index (κ3) is 3.48. The molecule has 1 aliphatic heterocycles. The smallest absolute Gasteiger partial charge is 0.0388 e. The molecule has 3 heteroatoms. The van der Waals surface area contributed by atoms with Crippen molar-refractivity contribution in [1.29, 1.82) is 0 Å². The quantitative estimate of drug-likeness (QED) is 0.902. The molecule has 0 radical (unpaired) electrons. The van der Waals surface area contributed by atoms with E-state index in [2.05, 4.69) is 65.0 Å². The van der Waals surface area contributed by atoms with Crippen molar-refractivity contribution in [2.24, 2.45) is 0 Å². The van der Waals surface area contributed by atoms with Gasteiger partial charge in [-0.2, -0.15) is 0 Å². The van der Waals surface area contributed by atoms with Gasteiger partial charge in [0.15, 0.2) is 0 Å². The van der Waals surface area contributed by atoms with Crippen LogP contribution in [0, 0.1) is 0 Å². The molecule has 1 unspecified atom stereocenters. The fraction of sp³-hybridized carbons (Fsp3) is 0.412. The zero-order chi connectivity index (χ0) is 13.8. The first-order chi connectivity index (χ1) is 9.81. The summed E-state index contributed by atoms with van der Waals surface area (Å²) in [5.74, 6) is 0. The van der Waals surface area contributed by atoms with Crippen LogP contribution in [0.4, 0.5) is 0 Å². The van der Waals surface area contributed by atoms with Crippen LogP contribution in [-0.4, -0.2) is 24.0 Å². The van der Waals surface area contributed by atoms with Gasteiger partial charge in [-0.25, -0.2) is 0 Å². The van der Waals surface area contributed by atoms with Crippen molar-refractivity contribution in [2.75, 3.05) is 13.1 Å². The average molecular weight is 286 g/mol. The number of thiophene rings is 1. The first kappa shape index (κ1) is 13.8. The molecular formula is C17H22N2S. The largest absolute Gasteiger partial charge is 0.305 e. The van der Waals surface area contributed by atoms with Crippen LogP contribution in [0.1, 0.15) is 29.8 Å². The van der Waals surface area contributed by atoms with Crippen LogP contribution in [-0.2, 0) is 6.54 Å². The summed E-state index contributed by atoms with van der Waals surface area (Å²) in [6.45, 7) is 5.70. The number of rotatable bonds is 5. The summed E-state index contributed by atoms with van der Waals surface area (Å²) in [6, 6.07) is 16.2. The van der Waals surface area contributed by atoms with Crippen molar-refractivity contribution in [1.82, 2.24) is 10.2 Å². The van der Waals surface area contributed by atoms with E-state index in [4.69, 9.17) is 0 Å². The van der Waals surface area contributed by atoms with Gasteiger partial charge >= 0.3 is 0 Å². The van der Waals surface area contributed by atoms with Crippen molar-refractivity contribution < 1.29 is 0 Å². The minimum atomic E-state index is 0.469. The standard InChI is InChI=1S/C17H22N2S/c1-14(17-8-5-11-20-17)18-16-9-10-19(13-16)12-15-6-3-2-4-7-15/h2-8,11,14,16,18H,9-10,12-13H2,1H3/t14-,16?/m1/s1. The highest BCUT2D eigenvalue weighted by Crippen LogP contribution is 2.21. The molecule has 2 heterocycles. The van der Waals surface area contributed by atoms with Gasteiger partial charge in [-0.1, -0.05) is 36.4 Å². The molecular weight excluding hydrogens is 264 g/mol. The molecule has 1 N–H and O–H groups in total. The molecule has 106 valence electrons. The molecule has 0 aliphatic carbocycles. The Labute approximate surface area is 125 Å². The summed E-state index contributed by atoms with van der Waals surface area (Å²) >= 11 is 1.84. The van der Waals surface area contributed by atoms with Gasteiger partial charge in [-0.05, 0) is 30.4 Å². The molecule has 2 atom stereocenters. The van der Waals surface area contributed by atoms with Gasteiger partial charge < -0.3 is 5.32 Å². The molecule has 1 aliphatic rings. The van der Waals surface area contributed by atoms with E-state index in [0.29, 0.717) is 12.1 Å². The Kier molecular flexibility index (Phi) is 4.51. The van der Waals surface area contributed by atoms with Gasteiger partial charge in [0.2, 0.25) is 0 Å². The van der Waals surface area contributed by atoms with Gasteiger partial charge in [0.25, 0.3) is 0 Å². The second-order valence-corrected chi connectivity index (χ2v) is 6.59. The maximum atomic E-state index is 3.77. The van der Waals surface area contributed by atoms with Gasteiger partial charge in [0, 0.05) is 36.6 Å². The maximum absolute atomic E-state index is 3.77. The van der Waals surface area contributed by atoms with Crippen molar-refractivity contribution in [3.63, 3.8) is 0 Å². The number of nitrogens with zero attached hydrogens (tertiary/aromatic N) is 1. The second-order valence-electron chi connectivity index (χ2n) is 5.61. The lowest BCUT2D eigenvalue weighted by molar-refractivity contribution is 0.316. The van der Waals surface area contributed by atoms with Crippen molar-refractivity contribution in [3.05, 3.63) is 58.3 Å². The molecule has 1 saturated heterocycles. The summed E-state index contributed by atoms with van der Waals surface area (Å²) in [7, 11) is 0. The normalized spacial score (nSPS) is 21.1. The van der Waals surface area contributed by atoms with Crippen LogP contribution in [0.15, 0.2) is 47.8 Å². The molecule has 1 aromatic heterocycles. The Bertz CT molecular complexity index is 509. The average Bonchev–Trinajstić information content (AvgIpc) is 3.11. The van der Waals surface area contributed by atoms with E-state index < -0.39 is 0 Å². The van der Waals surface area contributed by atoms with Crippen LogP contribution < -0.4 is 5.32 Å². The topological polar surface area (TPSA) is 15.3 Å². The molecule has 0 bridgehead atoms. The lowest BCUT2D eigenvalue weighted by Gasteiger charge is -2.20. The molecule has 2 nitrogen and oxygen atoms in total. The molecule has 2 aromatic rings. The monoisotopic (exact) mass is 286 g/mol. The molecule has 3 rings (SSSR count). The lowest BCUT2D eigenvalue weighted by Crippen LogP contribution is -2.33. The first-order valence-corrected chi connectivity index (χ1v) is 8.25. The van der Waals surface area contributed by atoms with E-state index in [-0.39, 0.29) is 0 Å². The highest BCUT2D eigenvalue weighted by Gasteiger charge is 2.23. The van der Waals surface area contributed by atoms with Crippen molar-refractivity contribution in [3.8, 4) is 0 Å². The minimum Gasteiger partial charge on any atom is -0.305 e. The van der Waals surface area contributed by atoms with E-state index in [1.54, 1.807) is 0 Å². The zero-order valence-electron chi connectivity index (χ0n) is 12.0. The molecule has 0 saturated carbocycles. The van der Waals surface area contributed by atoms with Crippen LogP contribution in [0.2, 0.25) is 0 Å². The Balaban J connectivity index is 1.50. The SMILES string of the molecule is C[C@@H](NC1CCN(Cc2ccccc2)C1)c1cccs1. The van der Waals surface area contributed by atoms with Crippen LogP contribution >= 0.6 is 11.3 Å². The van der Waals surface area contributed by atoms with Gasteiger partial charge in [0.05, 0.1) is 0 Å². The number of hydrogen-bond acceptors (Lipinski definition) is 3. The Hall–Kier alpha value is -1.16. The van der Waals surface area contributed by atoms with E-state index in [9.17, 15) is 0 Å². The fourth-order valence-corrected chi connectivity index (χ4v) is 3.67. The second kappa shape index (κ2) is 6.53. The van der Waals surface area contributed by atoms with E-state index in [0.717, 1.165) is 13.1 Å². The van der Waals surface area contributed by atoms with Gasteiger partial charge in [-0.15, -0.1) is 11.3 Å². The predicted molar refractivity (Wildman–Crippen MR) is 86.0 cm³/mol. The first-order valence-electron chi connectivity index (χ1n) is 7.37. The predicted octanol–water partition coefficient (Wildman–Crippen LogP) is 3.67. The molecule has 1 aromatic carbocycles. The highest BCUT2D eigenvalue weighted by atomic mass is 32.1. The highest BCUT2D eigenvalue weighted by molar-refractivity contribution is 7.10. The Morgan fingerprint density at radius 2 is 2.10 bits per heavy atom. The van der Waals surface area contributed by atoms with Crippen LogP contribution in [0.25, 0.3) is 0 Å². The number of benzene rings is 1. The summed E-state index contributed by atoms with van der Waals surface area (Å²) in [5.41, 5.74) is 1.42. The van der Waals surface area contributed by atoms with Crippen molar-refractivity contribution >= 4 is 11.3 Å². The third-order valence-electron chi connectivity index (χ3n) is 3.98.